The van der Waals surface area contributed by atoms with Gasteiger partial charge in [0, 0.05) is 16.9 Å². The highest BCUT2D eigenvalue weighted by Crippen LogP contribution is 2.44. The molecular weight excluding hydrogens is 371 g/mol. The van der Waals surface area contributed by atoms with Crippen LogP contribution in [0.3, 0.4) is 0 Å². The Hall–Kier alpha value is -1.91. The molecule has 138 valence electrons. The van der Waals surface area contributed by atoms with Crippen LogP contribution < -0.4 is 15.0 Å². The summed E-state index contributed by atoms with van der Waals surface area (Å²) in [6.07, 6.45) is 0.849. The summed E-state index contributed by atoms with van der Waals surface area (Å²) in [6.45, 7) is 6.32. The first-order valence-corrected chi connectivity index (χ1v) is 9.23. The van der Waals surface area contributed by atoms with Crippen LogP contribution in [0.25, 0.3) is 0 Å². The molecule has 2 amide bonds. The average molecular weight is 393 g/mol. The van der Waals surface area contributed by atoms with E-state index >= 15 is 0 Å². The second kappa shape index (κ2) is 7.01. The van der Waals surface area contributed by atoms with Gasteiger partial charge >= 0.3 is 6.03 Å². The highest BCUT2D eigenvalue weighted by molar-refractivity contribution is 6.42. The number of halogens is 2. The summed E-state index contributed by atoms with van der Waals surface area (Å²) in [5.74, 6) is 1.12. The number of urea groups is 1. The molecule has 1 aliphatic heterocycles. The van der Waals surface area contributed by atoms with E-state index in [0.29, 0.717) is 21.7 Å². The predicted molar refractivity (Wildman–Crippen MR) is 108 cm³/mol. The number of amides is 2. The van der Waals surface area contributed by atoms with Crippen LogP contribution in [0.15, 0.2) is 36.4 Å². The number of nitrogens with one attached hydrogen (secondary N) is 1. The molecule has 0 aliphatic carbocycles. The zero-order valence-electron chi connectivity index (χ0n) is 15.3. The zero-order valence-corrected chi connectivity index (χ0v) is 16.8. The largest absolute Gasteiger partial charge is 0.497 e. The molecule has 1 atom stereocenters. The van der Waals surface area contributed by atoms with Crippen LogP contribution in [0.2, 0.25) is 10.0 Å². The number of nitrogens with zero attached hydrogens (tertiary/aromatic N) is 1. The number of hydrogen-bond acceptors (Lipinski definition) is 2. The fourth-order valence-corrected chi connectivity index (χ4v) is 3.97. The molecule has 0 fully saturated rings. The minimum Gasteiger partial charge on any atom is -0.497 e. The lowest BCUT2D eigenvalue weighted by Gasteiger charge is -2.45. The Morgan fingerprint density at radius 3 is 2.58 bits per heavy atom. The summed E-state index contributed by atoms with van der Waals surface area (Å²) in [6, 6.07) is 10.7. The Morgan fingerprint density at radius 1 is 1.19 bits per heavy atom. The van der Waals surface area contributed by atoms with Crippen molar-refractivity contribution in [3.63, 3.8) is 0 Å². The predicted octanol–water partition coefficient (Wildman–Crippen LogP) is 6.33. The van der Waals surface area contributed by atoms with E-state index in [1.807, 2.05) is 23.1 Å². The van der Waals surface area contributed by atoms with Gasteiger partial charge in [0.15, 0.2) is 0 Å². The molecule has 4 nitrogen and oxygen atoms in total. The topological polar surface area (TPSA) is 41.6 Å². The van der Waals surface area contributed by atoms with Crippen LogP contribution in [-0.4, -0.2) is 18.7 Å². The standard InChI is InChI=1S/C20H22Cl2N2O2/c1-12-11-20(2,3)24(18-8-6-14(26-4)10-15(12)18)19(25)23-13-5-7-16(21)17(22)9-13/h5-10,12H,11H2,1-4H3,(H,23,25)/t12-/m0/s1. The minimum atomic E-state index is -0.332. The molecule has 26 heavy (non-hydrogen) atoms. The molecular formula is C20H22Cl2N2O2. The quantitative estimate of drug-likeness (QED) is 0.648. The minimum absolute atomic E-state index is 0.202. The van der Waals surface area contributed by atoms with Gasteiger partial charge in [-0.25, -0.2) is 4.79 Å². The van der Waals surface area contributed by atoms with E-state index in [-0.39, 0.29) is 11.6 Å². The van der Waals surface area contributed by atoms with Gasteiger partial charge in [-0.1, -0.05) is 30.1 Å². The van der Waals surface area contributed by atoms with Crippen molar-refractivity contribution in [2.75, 3.05) is 17.3 Å². The van der Waals surface area contributed by atoms with Crippen LogP contribution in [0.1, 0.15) is 38.7 Å². The summed E-state index contributed by atoms with van der Waals surface area (Å²) in [7, 11) is 1.65. The number of anilines is 2. The molecule has 0 aromatic heterocycles. The van der Waals surface area contributed by atoms with Crippen LogP contribution in [-0.2, 0) is 0 Å². The number of carbonyl (C=O) groups is 1. The number of fused-ring (bicyclic) bond motifs is 1. The summed E-state index contributed by atoms with van der Waals surface area (Å²) in [4.78, 5) is 14.9. The van der Waals surface area contributed by atoms with Crippen LogP contribution in [0, 0.1) is 0 Å². The van der Waals surface area contributed by atoms with Gasteiger partial charge in [0.05, 0.1) is 17.2 Å². The van der Waals surface area contributed by atoms with Gasteiger partial charge < -0.3 is 10.1 Å². The van der Waals surface area contributed by atoms with Crippen molar-refractivity contribution in [1.82, 2.24) is 0 Å². The van der Waals surface area contributed by atoms with Crippen LogP contribution in [0.5, 0.6) is 5.75 Å². The number of methoxy groups -OCH3 is 1. The molecule has 2 aromatic carbocycles. The zero-order chi connectivity index (χ0) is 19.1. The maximum atomic E-state index is 13.1. The summed E-state index contributed by atoms with van der Waals surface area (Å²) in [5.41, 5.74) is 2.27. The van der Waals surface area contributed by atoms with E-state index in [4.69, 9.17) is 27.9 Å². The lowest BCUT2D eigenvalue weighted by Crippen LogP contribution is -2.53. The average Bonchev–Trinajstić information content (AvgIpc) is 2.57. The number of benzene rings is 2. The molecule has 0 spiro atoms. The molecule has 2 aromatic rings. The first-order valence-electron chi connectivity index (χ1n) is 8.47. The SMILES string of the molecule is COc1ccc2c(c1)[C@@H](C)CC(C)(C)N2C(=O)Nc1ccc(Cl)c(Cl)c1. The first kappa shape index (κ1) is 18.9. The van der Waals surface area contributed by atoms with Gasteiger partial charge in [-0.3, -0.25) is 4.90 Å². The van der Waals surface area contributed by atoms with Gasteiger partial charge in [-0.15, -0.1) is 0 Å². The van der Waals surface area contributed by atoms with Crippen molar-refractivity contribution >= 4 is 40.6 Å². The Labute approximate surface area is 164 Å². The van der Waals surface area contributed by atoms with Crippen molar-refractivity contribution in [3.8, 4) is 5.75 Å². The molecule has 0 saturated heterocycles. The third-order valence-corrected chi connectivity index (χ3v) is 5.53. The number of hydrogen-bond donors (Lipinski definition) is 1. The van der Waals surface area contributed by atoms with E-state index in [1.165, 1.54) is 0 Å². The lowest BCUT2D eigenvalue weighted by molar-refractivity contribution is 0.247. The molecule has 6 heteroatoms. The van der Waals surface area contributed by atoms with E-state index < -0.39 is 0 Å². The van der Waals surface area contributed by atoms with Crippen molar-refractivity contribution in [2.24, 2.45) is 0 Å². The van der Waals surface area contributed by atoms with E-state index in [2.05, 4.69) is 26.1 Å². The fraction of sp³-hybridized carbons (Fsp3) is 0.350. The van der Waals surface area contributed by atoms with Gasteiger partial charge in [0.2, 0.25) is 0 Å². The molecule has 1 aliphatic rings. The van der Waals surface area contributed by atoms with Crippen molar-refractivity contribution in [3.05, 3.63) is 52.0 Å². The number of rotatable bonds is 2. The Balaban J connectivity index is 1.97. The lowest BCUT2D eigenvalue weighted by atomic mass is 9.80. The maximum Gasteiger partial charge on any atom is 0.326 e. The Morgan fingerprint density at radius 2 is 1.92 bits per heavy atom. The Kier molecular flexibility index (Phi) is 5.09. The molecule has 0 bridgehead atoms. The second-order valence-electron chi connectivity index (χ2n) is 7.24. The second-order valence-corrected chi connectivity index (χ2v) is 8.05. The van der Waals surface area contributed by atoms with Gasteiger partial charge in [0.1, 0.15) is 5.75 Å². The molecule has 1 heterocycles. The summed E-state index contributed by atoms with van der Waals surface area (Å²) < 4.78 is 5.35. The molecule has 3 rings (SSSR count). The van der Waals surface area contributed by atoms with E-state index in [1.54, 1.807) is 25.3 Å². The normalized spacial score (nSPS) is 18.2. The summed E-state index contributed by atoms with van der Waals surface area (Å²) in [5, 5.41) is 3.79. The first-order chi connectivity index (χ1) is 12.2. The highest BCUT2D eigenvalue weighted by atomic mass is 35.5. The van der Waals surface area contributed by atoms with Crippen molar-refractivity contribution in [1.29, 1.82) is 0 Å². The Bertz CT molecular complexity index is 852. The van der Waals surface area contributed by atoms with Gasteiger partial charge in [-0.2, -0.15) is 0 Å². The number of ether oxygens (including phenoxy) is 1. The summed E-state index contributed by atoms with van der Waals surface area (Å²) >= 11 is 12.0. The molecule has 0 radical (unpaired) electrons. The van der Waals surface area contributed by atoms with Crippen LogP contribution >= 0.6 is 23.2 Å². The third-order valence-electron chi connectivity index (χ3n) is 4.79. The van der Waals surface area contributed by atoms with Crippen molar-refractivity contribution < 1.29 is 9.53 Å². The van der Waals surface area contributed by atoms with Crippen molar-refractivity contribution in [2.45, 2.75) is 38.6 Å². The van der Waals surface area contributed by atoms with E-state index in [9.17, 15) is 4.79 Å². The van der Waals surface area contributed by atoms with Gasteiger partial charge in [-0.05, 0) is 68.1 Å². The maximum absolute atomic E-state index is 13.1. The fourth-order valence-electron chi connectivity index (χ4n) is 3.67. The smallest absolute Gasteiger partial charge is 0.326 e. The van der Waals surface area contributed by atoms with Gasteiger partial charge in [0.25, 0.3) is 0 Å². The van der Waals surface area contributed by atoms with Crippen LogP contribution in [0.4, 0.5) is 16.2 Å². The highest BCUT2D eigenvalue weighted by Gasteiger charge is 2.40. The number of carbonyl (C=O) groups excluding carboxylic acids is 1. The molecule has 1 N–H and O–H groups in total. The molecule has 0 unspecified atom stereocenters. The third kappa shape index (κ3) is 3.49. The monoisotopic (exact) mass is 392 g/mol. The molecule has 0 saturated carbocycles. The van der Waals surface area contributed by atoms with E-state index in [0.717, 1.165) is 23.4 Å².